The molecule has 0 aliphatic carbocycles. The Morgan fingerprint density at radius 1 is 0.133 bits per heavy atom. The minimum atomic E-state index is 1.01. The molecule has 32 rings (SSSR count). The molecule has 0 bridgehead atoms. The first-order valence-corrected chi connectivity index (χ1v) is 44.1. The molecule has 8 aromatic heterocycles. The molecule has 0 aliphatic heterocycles. The van der Waals surface area contributed by atoms with Crippen molar-refractivity contribution >= 4 is 282 Å². The summed E-state index contributed by atoms with van der Waals surface area (Å²) in [6, 6.07) is 135. The number of rotatable bonds is 4. The van der Waals surface area contributed by atoms with Gasteiger partial charge in [-0.2, -0.15) is 0 Å². The molecule has 128 heavy (non-hydrogen) atoms. The van der Waals surface area contributed by atoms with Crippen molar-refractivity contribution < 1.29 is 0 Å². The smallest absolute Gasteiger partial charge is 0.0969 e. The lowest BCUT2D eigenvalue weighted by molar-refractivity contribution is 1.18. The Morgan fingerprint density at radius 2 is 0.367 bits per heavy atom. The Hall–Kier alpha value is -17.2. The fourth-order valence-corrected chi connectivity index (χ4v) is 24.1. The van der Waals surface area contributed by atoms with E-state index in [0.29, 0.717) is 0 Å². The molecule has 0 atom stereocenters. The van der Waals surface area contributed by atoms with Crippen molar-refractivity contribution in [3.63, 3.8) is 0 Å². The predicted molar refractivity (Wildman–Crippen MR) is 541 cm³/mol. The highest BCUT2D eigenvalue weighted by Crippen LogP contribution is 2.53. The van der Waals surface area contributed by atoms with E-state index in [4.69, 9.17) is 19.9 Å². The van der Waals surface area contributed by atoms with Crippen LogP contribution in [0.2, 0.25) is 0 Å². The third-order valence-corrected chi connectivity index (χ3v) is 29.2. The van der Waals surface area contributed by atoms with Crippen LogP contribution >= 0.6 is 0 Å². The molecule has 0 saturated carbocycles. The Bertz CT molecular complexity index is 9950. The van der Waals surface area contributed by atoms with E-state index in [2.05, 4.69) is 382 Å². The number of pyridine rings is 4. The van der Waals surface area contributed by atoms with Gasteiger partial charge in [0.15, 0.2) is 0 Å². The number of fused-ring (bicyclic) bond motifs is 28. The van der Waals surface area contributed by atoms with Gasteiger partial charge in [-0.15, -0.1) is 0 Å². The van der Waals surface area contributed by atoms with E-state index in [1.165, 1.54) is 227 Å². The van der Waals surface area contributed by atoms with Crippen LogP contribution in [0.3, 0.4) is 0 Å². The molecular weight excluding hydrogens is 1550 g/mol. The van der Waals surface area contributed by atoms with E-state index in [-0.39, 0.29) is 0 Å². The van der Waals surface area contributed by atoms with Crippen molar-refractivity contribution in [2.45, 2.75) is 0 Å². The SMILES string of the molecule is c1cc2ccc3ccc(-n4c5cccnc5c5c6ccc7cc8c(c9ccc(cc54)c6c79)c4ncccc4n8-c4ccc5ccc6cccc7ccc4c5c67)c4ccc(c1)c2c34.c1ccc2c(c1)c1ccccc1c1cc(-n3c4cccnc4c4c5ccc6cc7c(c8ccc(cc43)c5c68)c3ncccc3n7-c3ccc4c5ccccc5c5ccccc5c4c3)ccc21. The molecule has 24 aromatic carbocycles. The van der Waals surface area contributed by atoms with Gasteiger partial charge in [0.2, 0.25) is 0 Å². The van der Waals surface area contributed by atoms with Crippen LogP contribution in [0, 0.1) is 0 Å². The summed E-state index contributed by atoms with van der Waals surface area (Å²) in [5.74, 6) is 0. The van der Waals surface area contributed by atoms with Gasteiger partial charge >= 0.3 is 0 Å². The summed E-state index contributed by atoms with van der Waals surface area (Å²) in [4.78, 5) is 20.6. The second-order valence-electron chi connectivity index (χ2n) is 35.3. The maximum absolute atomic E-state index is 5.15. The monoisotopic (exact) mass is 1620 g/mol. The molecule has 8 nitrogen and oxygen atoms in total. The molecule has 584 valence electrons. The van der Waals surface area contributed by atoms with Crippen LogP contribution in [0.25, 0.3) is 304 Å². The van der Waals surface area contributed by atoms with Crippen LogP contribution in [0.5, 0.6) is 0 Å². The lowest BCUT2D eigenvalue weighted by Gasteiger charge is -2.17. The van der Waals surface area contributed by atoms with Crippen molar-refractivity contribution in [2.24, 2.45) is 0 Å². The highest BCUT2D eigenvalue weighted by Gasteiger charge is 2.29. The summed E-state index contributed by atoms with van der Waals surface area (Å²) in [6.07, 6.45) is 7.76. The third-order valence-electron chi connectivity index (χ3n) is 29.2. The molecule has 0 spiro atoms. The fourth-order valence-electron chi connectivity index (χ4n) is 24.1. The Morgan fingerprint density at radius 3 is 0.688 bits per heavy atom. The van der Waals surface area contributed by atoms with Crippen LogP contribution in [0.1, 0.15) is 0 Å². The molecule has 32 aromatic rings. The van der Waals surface area contributed by atoms with E-state index in [1.807, 2.05) is 24.8 Å². The number of hydrogen-bond donors (Lipinski definition) is 0. The van der Waals surface area contributed by atoms with Gasteiger partial charge in [0.25, 0.3) is 0 Å². The van der Waals surface area contributed by atoms with Crippen molar-refractivity contribution in [2.75, 3.05) is 0 Å². The molecule has 8 heterocycles. The summed E-state index contributed by atoms with van der Waals surface area (Å²) < 4.78 is 9.79. The quantitative estimate of drug-likeness (QED) is 0.165. The number of hydrogen-bond acceptors (Lipinski definition) is 4. The van der Waals surface area contributed by atoms with Crippen LogP contribution < -0.4 is 0 Å². The first-order valence-electron chi connectivity index (χ1n) is 44.1. The summed E-state index contributed by atoms with van der Waals surface area (Å²) in [5.41, 5.74) is 17.7. The summed E-state index contributed by atoms with van der Waals surface area (Å²) >= 11 is 0. The molecule has 0 saturated heterocycles. The third kappa shape index (κ3) is 8.63. The Balaban J connectivity index is 0.000000122. The van der Waals surface area contributed by atoms with Crippen LogP contribution in [0.15, 0.2) is 389 Å². The van der Waals surface area contributed by atoms with Crippen LogP contribution in [-0.4, -0.2) is 38.2 Å². The van der Waals surface area contributed by atoms with Gasteiger partial charge in [0.05, 0.1) is 77.6 Å². The summed E-state index contributed by atoms with van der Waals surface area (Å²) in [6.45, 7) is 0. The van der Waals surface area contributed by atoms with E-state index in [0.717, 1.165) is 77.6 Å². The highest BCUT2D eigenvalue weighted by molar-refractivity contribution is 6.41. The van der Waals surface area contributed by atoms with Gasteiger partial charge in [-0.3, -0.25) is 19.9 Å². The fraction of sp³-hybridized carbons (Fsp3) is 0. The predicted octanol–water partition coefficient (Wildman–Crippen LogP) is 31.9. The summed E-state index contributed by atoms with van der Waals surface area (Å²) in [7, 11) is 0. The minimum absolute atomic E-state index is 1.01. The molecular formula is C120H64N8. The first-order chi connectivity index (χ1) is 63.5. The van der Waals surface area contributed by atoms with Crippen molar-refractivity contribution in [3.8, 4) is 22.7 Å². The minimum Gasteiger partial charge on any atom is -0.308 e. The average molecular weight is 1620 g/mol. The largest absolute Gasteiger partial charge is 0.308 e. The number of benzene rings is 24. The van der Waals surface area contributed by atoms with Gasteiger partial charge in [0.1, 0.15) is 0 Å². The Kier molecular flexibility index (Phi) is 12.8. The maximum atomic E-state index is 5.15. The molecule has 0 aliphatic rings. The van der Waals surface area contributed by atoms with Crippen molar-refractivity contribution in [1.29, 1.82) is 0 Å². The molecule has 0 fully saturated rings. The Labute approximate surface area is 726 Å². The van der Waals surface area contributed by atoms with Crippen molar-refractivity contribution in [1.82, 2.24) is 38.2 Å². The van der Waals surface area contributed by atoms with E-state index < -0.39 is 0 Å². The van der Waals surface area contributed by atoms with E-state index in [1.54, 1.807) is 0 Å². The van der Waals surface area contributed by atoms with Gasteiger partial charge < -0.3 is 18.3 Å². The maximum Gasteiger partial charge on any atom is 0.0969 e. The molecule has 0 amide bonds. The van der Waals surface area contributed by atoms with Gasteiger partial charge in [0, 0.05) is 68.5 Å². The molecule has 0 radical (unpaired) electrons. The number of nitrogens with zero attached hydrogens (tertiary/aromatic N) is 8. The van der Waals surface area contributed by atoms with Gasteiger partial charge in [-0.05, 0) is 292 Å². The van der Waals surface area contributed by atoms with Crippen LogP contribution in [-0.2, 0) is 0 Å². The second-order valence-corrected chi connectivity index (χ2v) is 35.3. The topological polar surface area (TPSA) is 71.3 Å². The molecule has 0 unspecified atom stereocenters. The summed E-state index contributed by atoms with van der Waals surface area (Å²) in [5, 5.41) is 50.1. The van der Waals surface area contributed by atoms with Crippen LogP contribution in [0.4, 0.5) is 0 Å². The zero-order valence-corrected chi connectivity index (χ0v) is 68.5. The van der Waals surface area contributed by atoms with Gasteiger partial charge in [-0.25, -0.2) is 0 Å². The number of aromatic nitrogens is 8. The second kappa shape index (κ2) is 24.4. The lowest BCUT2D eigenvalue weighted by atomic mass is 9.90. The zero-order chi connectivity index (χ0) is 82.7. The highest BCUT2D eigenvalue weighted by atomic mass is 15.0. The normalized spacial score (nSPS) is 12.7. The first kappa shape index (κ1) is 67.4. The van der Waals surface area contributed by atoms with Crippen molar-refractivity contribution in [3.05, 3.63) is 389 Å². The van der Waals surface area contributed by atoms with E-state index >= 15 is 0 Å². The standard InChI is InChI=1S/C62H34N4.C58H30N4/c1-3-15-43-39(11-1)41-13-5-7-17-45(41)51-33-37(23-27-47(43)51)65-53-19-9-29-63-61(53)59-49-25-22-36-32-56-60(50-26-21-35(31-55(59)65)57(49)58(36)50)62-54(20-10-30-64-62)66(56)38-24-28-48-44-16-4-2-12-40(44)42-14-6-8-18-46(42)52(48)34-38;1-5-31-11-13-35-19-25-43(39-21-15-33(7-1)49(31)51(35)39)61-45-9-3-27-59-57(45)55-41-23-18-38-30-48-56(42-24-17-37(29-47(55)61)53(41)54(38)42)58-46(10-4-28-60-58)62(48)44-26-20-36-14-12-32-6-2-8-34-16-22-40(44)52(36)50(32)34/h1-34H;1-30H. The lowest BCUT2D eigenvalue weighted by Crippen LogP contribution is -1.97. The van der Waals surface area contributed by atoms with Gasteiger partial charge in [-0.1, -0.05) is 255 Å². The molecule has 0 N–H and O–H groups in total. The zero-order valence-electron chi connectivity index (χ0n) is 68.5. The average Bonchev–Trinajstić information content (AvgIpc) is 1.51. The van der Waals surface area contributed by atoms with E-state index in [9.17, 15) is 0 Å². The molecule has 8 heteroatoms.